The molecule has 3 aromatic rings. The van der Waals surface area contributed by atoms with Crippen LogP contribution in [0.1, 0.15) is 82.8 Å². The highest BCUT2D eigenvalue weighted by Crippen LogP contribution is 2.62. The lowest BCUT2D eigenvalue weighted by atomic mass is 9.55. The highest BCUT2D eigenvalue weighted by Gasteiger charge is 2.65. The number of aliphatic hydroxyl groups excluding tert-OH is 2. The van der Waals surface area contributed by atoms with Crippen molar-refractivity contribution in [3.8, 4) is 11.5 Å². The molecule has 1 saturated carbocycles. The molecule has 3 aromatic carbocycles. The normalized spacial score (nSPS) is 23.9. The summed E-state index contributed by atoms with van der Waals surface area (Å²) in [5.41, 5.74) is 3.04. The zero-order chi connectivity index (χ0) is 41.8. The maximum atomic E-state index is 14.1. The number of hydrogen-bond acceptors (Lipinski definition) is 10. The molecule has 3 aliphatic rings. The fraction of sp³-hybridized carbons (Fsp3) is 0.500. The molecule has 2 aliphatic carbocycles. The van der Waals surface area contributed by atoms with E-state index in [1.807, 2.05) is 81.4 Å². The number of likely N-dealkylation sites (N-methyl/N-ethyl adjacent to an activating group) is 1. The van der Waals surface area contributed by atoms with Crippen molar-refractivity contribution in [1.29, 1.82) is 0 Å². The minimum absolute atomic E-state index is 0.103. The molecule has 0 spiro atoms. The molecule has 6 atom stereocenters. The Morgan fingerprint density at radius 1 is 1.00 bits per heavy atom. The number of carbonyl (C=O) groups is 1. The Labute approximate surface area is 354 Å². The van der Waals surface area contributed by atoms with Crippen LogP contribution < -0.4 is 9.47 Å². The number of ether oxygens (including phenoxy) is 4. The van der Waals surface area contributed by atoms with Gasteiger partial charge in [0.1, 0.15) is 29.7 Å². The summed E-state index contributed by atoms with van der Waals surface area (Å²) in [6, 6.07) is 25.3. The molecule has 0 aromatic heterocycles. The van der Waals surface area contributed by atoms with Gasteiger partial charge in [0, 0.05) is 48.8 Å². The Morgan fingerprint density at radius 2 is 1.71 bits per heavy atom. The highest BCUT2D eigenvalue weighted by atomic mass is 32.2. The van der Waals surface area contributed by atoms with Crippen LogP contribution in [-0.2, 0) is 20.9 Å². The number of aliphatic hydroxyl groups is 2. The summed E-state index contributed by atoms with van der Waals surface area (Å²) in [4.78, 5) is 23.1. The van der Waals surface area contributed by atoms with E-state index in [0.717, 1.165) is 59.6 Å². The number of thioether (sulfide) groups is 1. The molecule has 11 heteroatoms. The van der Waals surface area contributed by atoms with E-state index < -0.39 is 29.4 Å². The summed E-state index contributed by atoms with van der Waals surface area (Å²) in [7, 11) is 1.74. The van der Waals surface area contributed by atoms with Crippen molar-refractivity contribution < 1.29 is 38.8 Å². The molecule has 0 radical (unpaired) electrons. The van der Waals surface area contributed by atoms with E-state index in [1.165, 1.54) is 4.90 Å². The third-order valence-corrected chi connectivity index (χ3v) is 12.4. The van der Waals surface area contributed by atoms with Crippen molar-refractivity contribution >= 4 is 23.6 Å². The summed E-state index contributed by atoms with van der Waals surface area (Å²) in [6.45, 7) is 11.0. The largest absolute Gasteiger partial charge is 0.493 e. The van der Waals surface area contributed by atoms with Crippen LogP contribution in [0.4, 0.5) is 4.79 Å². The Bertz CT molecular complexity index is 1880. The van der Waals surface area contributed by atoms with Gasteiger partial charge in [-0.1, -0.05) is 78.7 Å². The molecule has 0 saturated heterocycles. The van der Waals surface area contributed by atoms with Crippen molar-refractivity contribution in [2.75, 3.05) is 39.2 Å². The number of hydrogen-bond donors (Lipinski definition) is 2. The Hall–Kier alpha value is -4.29. The molecule has 318 valence electrons. The first kappa shape index (κ1) is 44.3. The van der Waals surface area contributed by atoms with Gasteiger partial charge in [0.25, 0.3) is 0 Å². The first-order valence-corrected chi connectivity index (χ1v) is 22.1. The van der Waals surface area contributed by atoms with Crippen LogP contribution in [0.3, 0.4) is 0 Å². The van der Waals surface area contributed by atoms with Gasteiger partial charge in [0.15, 0.2) is 0 Å². The molecule has 59 heavy (non-hydrogen) atoms. The van der Waals surface area contributed by atoms with Crippen LogP contribution >= 0.6 is 11.8 Å². The molecule has 0 unspecified atom stereocenters. The molecular formula is C48H62N2O8S. The van der Waals surface area contributed by atoms with Crippen LogP contribution in [0.15, 0.2) is 113 Å². The summed E-state index contributed by atoms with van der Waals surface area (Å²) >= 11 is 1.75. The van der Waals surface area contributed by atoms with Gasteiger partial charge in [-0.3, -0.25) is 0 Å². The molecular weight excluding hydrogens is 765 g/mol. The van der Waals surface area contributed by atoms with E-state index >= 15 is 0 Å². The fourth-order valence-electron chi connectivity index (χ4n) is 8.79. The van der Waals surface area contributed by atoms with Crippen LogP contribution in [0.25, 0.3) is 0 Å². The van der Waals surface area contributed by atoms with Gasteiger partial charge in [0.2, 0.25) is 5.79 Å². The lowest BCUT2D eigenvalue weighted by molar-refractivity contribution is -0.253. The van der Waals surface area contributed by atoms with Gasteiger partial charge >= 0.3 is 6.09 Å². The van der Waals surface area contributed by atoms with Crippen molar-refractivity contribution in [2.24, 2.45) is 22.9 Å². The van der Waals surface area contributed by atoms with Crippen LogP contribution in [0.5, 0.6) is 11.5 Å². The number of amides is 1. The smallest absolute Gasteiger partial charge is 0.410 e. The number of rotatable bonds is 20. The van der Waals surface area contributed by atoms with E-state index in [4.69, 9.17) is 28.9 Å². The van der Waals surface area contributed by atoms with Crippen LogP contribution in [-0.4, -0.2) is 83.6 Å². The van der Waals surface area contributed by atoms with Gasteiger partial charge in [0.05, 0.1) is 24.8 Å². The number of nitrogens with zero attached hydrogens (tertiary/aromatic N) is 2. The van der Waals surface area contributed by atoms with Gasteiger partial charge < -0.3 is 38.9 Å². The number of benzene rings is 3. The van der Waals surface area contributed by atoms with E-state index in [2.05, 4.69) is 30.9 Å². The number of fused-ring (bicyclic) bond motifs is 2. The van der Waals surface area contributed by atoms with Gasteiger partial charge in [-0.05, 0) is 99.8 Å². The average Bonchev–Trinajstić information content (AvgIpc) is 3.24. The zero-order valence-corrected chi connectivity index (χ0v) is 35.9. The number of unbranched alkanes of at least 4 members (excludes halogenated alkanes) is 2. The average molecular weight is 827 g/mol. The van der Waals surface area contributed by atoms with E-state index in [9.17, 15) is 15.0 Å². The molecule has 1 aliphatic heterocycles. The predicted molar refractivity (Wildman–Crippen MR) is 233 cm³/mol. The minimum Gasteiger partial charge on any atom is -0.493 e. The molecule has 1 fully saturated rings. The Morgan fingerprint density at radius 3 is 2.41 bits per heavy atom. The molecule has 0 bridgehead atoms. The number of carbonyl (C=O) groups excluding carboxylic acids is 1. The van der Waals surface area contributed by atoms with Crippen molar-refractivity contribution in [2.45, 2.75) is 101 Å². The summed E-state index contributed by atoms with van der Waals surface area (Å²) < 4.78 is 26.6. The van der Waals surface area contributed by atoms with E-state index in [-0.39, 0.29) is 50.6 Å². The lowest BCUT2D eigenvalue weighted by Gasteiger charge is -2.59. The van der Waals surface area contributed by atoms with Crippen molar-refractivity contribution in [3.63, 3.8) is 0 Å². The Balaban J connectivity index is 1.47. The predicted octanol–water partition coefficient (Wildman–Crippen LogP) is 9.56. The quantitative estimate of drug-likeness (QED) is 0.0497. The number of allylic oxidation sites excluding steroid dienone is 1. The minimum atomic E-state index is -1.36. The summed E-state index contributed by atoms with van der Waals surface area (Å²) in [5, 5.41) is 24.7. The van der Waals surface area contributed by atoms with Crippen molar-refractivity contribution in [3.05, 3.63) is 114 Å². The first-order valence-electron chi connectivity index (χ1n) is 21.1. The standard InChI is InChI=1S/C48H62N2O8S/c1-6-27-56-48-43(50(5)46(53)55-33-34-17-9-7-10-18-34)32-41(49-58-47(2,3)4)39-30-35(19-13-15-25-51)38(22-14-16-26-52)44(45(39)48)40-31-36(23-24-42(40)57-48)54-28-29-59-37-20-11-8-12-21-37/h6-12,17-18,20-21,23-24,30-31,35,38,43-45,51-52H,1,13-16,19,22,25-29,32-33H2,2-5H3/t35-,38+,43-,44+,45+,48+/m0/s1. The maximum absolute atomic E-state index is 14.1. The third-order valence-electron chi connectivity index (χ3n) is 11.4. The highest BCUT2D eigenvalue weighted by molar-refractivity contribution is 7.99. The molecule has 1 amide bonds. The van der Waals surface area contributed by atoms with Gasteiger partial charge in [-0.15, -0.1) is 18.3 Å². The molecule has 2 N–H and O–H groups in total. The Kier molecular flexibility index (Phi) is 15.6. The number of oxime groups is 1. The lowest BCUT2D eigenvalue weighted by Crippen LogP contribution is -2.69. The van der Waals surface area contributed by atoms with Crippen LogP contribution in [0, 0.1) is 17.8 Å². The van der Waals surface area contributed by atoms with E-state index in [1.54, 1.807) is 29.8 Å². The molecule has 1 heterocycles. The third kappa shape index (κ3) is 10.9. The first-order chi connectivity index (χ1) is 28.6. The maximum Gasteiger partial charge on any atom is 0.410 e. The monoisotopic (exact) mass is 826 g/mol. The summed E-state index contributed by atoms with van der Waals surface area (Å²) in [5.74, 6) is 0.500. The topological polar surface area (TPSA) is 119 Å². The second-order valence-corrected chi connectivity index (χ2v) is 17.8. The fourth-order valence-corrected chi connectivity index (χ4v) is 9.55. The second kappa shape index (κ2) is 20.8. The second-order valence-electron chi connectivity index (χ2n) is 16.6. The van der Waals surface area contributed by atoms with E-state index in [0.29, 0.717) is 25.2 Å². The van der Waals surface area contributed by atoms with Gasteiger partial charge in [-0.2, -0.15) is 0 Å². The molecule has 6 rings (SSSR count). The van der Waals surface area contributed by atoms with Crippen molar-refractivity contribution in [1.82, 2.24) is 4.90 Å². The molecule has 10 nitrogen and oxygen atoms in total. The van der Waals surface area contributed by atoms with Crippen LogP contribution in [0.2, 0.25) is 0 Å². The summed E-state index contributed by atoms with van der Waals surface area (Å²) in [6.07, 6.45) is 8.61. The SMILES string of the molecule is C=CCO[C@@]12Oc3ccc(OCCSc4ccccc4)cc3[C@H]3[C@H](CCCCO)[C@@H](CCCCO)C=C(C(=NOC(C)(C)C)C[C@@H]1N(C)C(=O)OCc1ccccc1)[C@H]32. The zero-order valence-electron chi connectivity index (χ0n) is 35.1. The van der Waals surface area contributed by atoms with Gasteiger partial charge in [-0.25, -0.2) is 4.79 Å².